The Hall–Kier alpha value is -3.85. The maximum Gasteiger partial charge on any atom is 0.253 e. The van der Waals surface area contributed by atoms with Crippen molar-refractivity contribution >= 4 is 38.9 Å². The smallest absolute Gasteiger partial charge is 0.253 e. The van der Waals surface area contributed by atoms with Gasteiger partial charge < -0.3 is 15.5 Å². The lowest BCUT2D eigenvalue weighted by atomic mass is 10.1. The molecule has 3 N–H and O–H groups in total. The minimum Gasteiger partial charge on any atom is -0.367 e. The van der Waals surface area contributed by atoms with Crippen LogP contribution in [0.25, 0.3) is 0 Å². The lowest BCUT2D eigenvalue weighted by molar-refractivity contribution is -0.114. The maximum absolute atomic E-state index is 12.9. The highest BCUT2D eigenvalue weighted by Crippen LogP contribution is 2.29. The number of nitrogens with zero attached hydrogens (tertiary/aromatic N) is 1. The van der Waals surface area contributed by atoms with E-state index in [0.717, 1.165) is 31.3 Å². The molecule has 1 aliphatic rings. The van der Waals surface area contributed by atoms with Crippen molar-refractivity contribution in [1.29, 1.82) is 0 Å². The van der Waals surface area contributed by atoms with E-state index in [9.17, 15) is 18.0 Å². The molecule has 0 saturated carbocycles. The maximum atomic E-state index is 12.9. The van der Waals surface area contributed by atoms with Crippen LogP contribution in [0, 0.1) is 0 Å². The zero-order valence-electron chi connectivity index (χ0n) is 19.7. The first kappa shape index (κ1) is 24.3. The van der Waals surface area contributed by atoms with Crippen molar-refractivity contribution in [2.45, 2.75) is 26.4 Å². The molecule has 9 heteroatoms. The quantitative estimate of drug-likeness (QED) is 0.446. The fourth-order valence-electron chi connectivity index (χ4n) is 4.13. The fourth-order valence-corrected chi connectivity index (χ4v) is 4.71. The van der Waals surface area contributed by atoms with Gasteiger partial charge in [-0.2, -0.15) is 0 Å². The lowest BCUT2D eigenvalue weighted by Crippen LogP contribution is -2.25. The third-order valence-corrected chi connectivity index (χ3v) is 6.30. The van der Waals surface area contributed by atoms with E-state index < -0.39 is 15.9 Å². The van der Waals surface area contributed by atoms with Crippen molar-refractivity contribution in [3.05, 3.63) is 89.0 Å². The average Bonchev–Trinajstić information content (AvgIpc) is 3.21. The highest BCUT2D eigenvalue weighted by molar-refractivity contribution is 7.92. The summed E-state index contributed by atoms with van der Waals surface area (Å²) < 4.78 is 25.8. The number of benzene rings is 3. The van der Waals surface area contributed by atoms with E-state index in [0.29, 0.717) is 5.69 Å². The molecule has 3 aromatic rings. The molecule has 0 aliphatic carbocycles. The molecule has 182 valence electrons. The highest BCUT2D eigenvalue weighted by Gasteiger charge is 2.18. The number of fused-ring (bicyclic) bond motifs is 1. The van der Waals surface area contributed by atoms with Crippen LogP contribution in [-0.4, -0.2) is 33.0 Å². The molecule has 0 radical (unpaired) electrons. The summed E-state index contributed by atoms with van der Waals surface area (Å²) in [5.74, 6) is -0.751. The van der Waals surface area contributed by atoms with E-state index in [1.54, 1.807) is 0 Å². The molecule has 0 bridgehead atoms. The van der Waals surface area contributed by atoms with E-state index in [-0.39, 0.29) is 23.7 Å². The fraction of sp³-hybridized carbons (Fsp3) is 0.231. The summed E-state index contributed by atoms with van der Waals surface area (Å²) in [7, 11) is -3.59. The van der Waals surface area contributed by atoms with Crippen LogP contribution >= 0.6 is 0 Å². The average molecular weight is 493 g/mol. The van der Waals surface area contributed by atoms with E-state index in [1.165, 1.54) is 41.9 Å². The Morgan fingerprint density at radius 3 is 2.40 bits per heavy atom. The summed E-state index contributed by atoms with van der Waals surface area (Å²) in [5.41, 5.74) is 5.41. The Bertz CT molecular complexity index is 1350. The number of carbonyl (C=O) groups excluding carboxylic acids is 2. The number of amides is 2. The van der Waals surface area contributed by atoms with Gasteiger partial charge in [-0.25, -0.2) is 8.42 Å². The molecule has 0 spiro atoms. The molecule has 0 aromatic heterocycles. The number of hydrogen-bond donors (Lipinski definition) is 3. The number of hydrogen-bond acceptors (Lipinski definition) is 5. The van der Waals surface area contributed by atoms with E-state index in [4.69, 9.17) is 0 Å². The molecule has 0 saturated heterocycles. The summed E-state index contributed by atoms with van der Waals surface area (Å²) in [6, 6.07) is 20.9. The number of para-hydroxylation sites is 1. The zero-order valence-corrected chi connectivity index (χ0v) is 20.5. The third-order valence-electron chi connectivity index (χ3n) is 5.71. The van der Waals surface area contributed by atoms with E-state index in [1.807, 2.05) is 12.1 Å². The molecule has 3 aromatic carbocycles. The van der Waals surface area contributed by atoms with Gasteiger partial charge in [-0.15, -0.1) is 0 Å². The van der Waals surface area contributed by atoms with E-state index in [2.05, 4.69) is 56.7 Å². The minimum absolute atomic E-state index is 0.117. The molecular weight excluding hydrogens is 464 g/mol. The van der Waals surface area contributed by atoms with Gasteiger partial charge in [0, 0.05) is 37.9 Å². The van der Waals surface area contributed by atoms with Gasteiger partial charge in [-0.05, 0) is 47.4 Å². The van der Waals surface area contributed by atoms with Gasteiger partial charge in [0.1, 0.15) is 0 Å². The molecule has 8 nitrogen and oxygen atoms in total. The Morgan fingerprint density at radius 1 is 0.971 bits per heavy atom. The Kier molecular flexibility index (Phi) is 7.07. The second-order valence-corrected chi connectivity index (χ2v) is 10.4. The van der Waals surface area contributed by atoms with Crippen LogP contribution in [0.2, 0.25) is 0 Å². The van der Waals surface area contributed by atoms with Crippen LogP contribution in [0.1, 0.15) is 34.0 Å². The van der Waals surface area contributed by atoms with Crippen LogP contribution in [-0.2, 0) is 34.3 Å². The topological polar surface area (TPSA) is 108 Å². The Labute approximate surface area is 205 Å². The minimum atomic E-state index is -3.59. The van der Waals surface area contributed by atoms with Crippen LogP contribution in [0.15, 0.2) is 66.7 Å². The van der Waals surface area contributed by atoms with E-state index >= 15 is 0 Å². The summed E-state index contributed by atoms with van der Waals surface area (Å²) >= 11 is 0. The number of rotatable bonds is 8. The van der Waals surface area contributed by atoms with Crippen molar-refractivity contribution in [3.8, 4) is 0 Å². The van der Waals surface area contributed by atoms with Crippen molar-refractivity contribution in [3.63, 3.8) is 0 Å². The van der Waals surface area contributed by atoms with Crippen LogP contribution < -0.4 is 20.3 Å². The summed E-state index contributed by atoms with van der Waals surface area (Å²) in [6.07, 6.45) is 2.07. The van der Waals surface area contributed by atoms with Crippen molar-refractivity contribution in [2.75, 3.05) is 27.7 Å². The molecule has 0 fully saturated rings. The van der Waals surface area contributed by atoms with Gasteiger partial charge in [0.2, 0.25) is 15.9 Å². The second kappa shape index (κ2) is 10.2. The first-order valence-corrected chi connectivity index (χ1v) is 13.2. The summed E-state index contributed by atoms with van der Waals surface area (Å²) in [6.45, 7) is 3.45. The molecular formula is C26H28N4O4S. The Morgan fingerprint density at radius 2 is 1.69 bits per heavy atom. The number of sulfonamides is 1. The van der Waals surface area contributed by atoms with Crippen LogP contribution in [0.4, 0.5) is 17.1 Å². The predicted molar refractivity (Wildman–Crippen MR) is 138 cm³/mol. The van der Waals surface area contributed by atoms with Crippen molar-refractivity contribution < 1.29 is 18.0 Å². The third kappa shape index (κ3) is 6.39. The number of carbonyl (C=O) groups is 2. The number of anilines is 3. The second-order valence-electron chi connectivity index (χ2n) is 8.62. The standard InChI is InChI=1S/C26H28N4O4S/c1-18(31)28-22-11-12-24(29-35(2,33)34)23(15-22)26(32)27-16-19-7-9-20(10-8-19)17-30-14-13-21-5-3-4-6-25(21)30/h3-12,15,29H,13-14,16-17H2,1-2H3,(H,27,32)(H,28,31). The first-order chi connectivity index (χ1) is 16.7. The lowest BCUT2D eigenvalue weighted by Gasteiger charge is -2.19. The molecule has 1 heterocycles. The molecule has 0 unspecified atom stereocenters. The normalized spacial score (nSPS) is 12.7. The monoisotopic (exact) mass is 492 g/mol. The zero-order chi connectivity index (χ0) is 25.0. The summed E-state index contributed by atoms with van der Waals surface area (Å²) in [4.78, 5) is 26.7. The van der Waals surface area contributed by atoms with Crippen LogP contribution in [0.5, 0.6) is 0 Å². The summed E-state index contributed by atoms with van der Waals surface area (Å²) in [5, 5.41) is 5.44. The molecule has 0 atom stereocenters. The Balaban J connectivity index is 1.42. The van der Waals surface area contributed by atoms with Crippen LogP contribution in [0.3, 0.4) is 0 Å². The highest BCUT2D eigenvalue weighted by atomic mass is 32.2. The largest absolute Gasteiger partial charge is 0.367 e. The molecule has 4 rings (SSSR count). The van der Waals surface area contributed by atoms with Gasteiger partial charge in [0.25, 0.3) is 5.91 Å². The number of nitrogens with one attached hydrogen (secondary N) is 3. The van der Waals surface area contributed by atoms with Gasteiger partial charge in [0.05, 0.1) is 17.5 Å². The molecule has 1 aliphatic heterocycles. The molecule has 35 heavy (non-hydrogen) atoms. The molecule has 2 amide bonds. The first-order valence-electron chi connectivity index (χ1n) is 11.3. The van der Waals surface area contributed by atoms with Crippen molar-refractivity contribution in [2.24, 2.45) is 0 Å². The van der Waals surface area contributed by atoms with Gasteiger partial charge in [-0.1, -0.05) is 42.5 Å². The van der Waals surface area contributed by atoms with Gasteiger partial charge >= 0.3 is 0 Å². The predicted octanol–water partition coefficient (Wildman–Crippen LogP) is 3.51. The van der Waals surface area contributed by atoms with Gasteiger partial charge in [-0.3, -0.25) is 14.3 Å². The van der Waals surface area contributed by atoms with Gasteiger partial charge in [0.15, 0.2) is 0 Å². The van der Waals surface area contributed by atoms with Crippen molar-refractivity contribution in [1.82, 2.24) is 5.32 Å². The SMILES string of the molecule is CC(=O)Nc1ccc(NS(C)(=O)=O)c(C(=O)NCc2ccc(CN3CCc4ccccc43)cc2)c1.